The SMILES string of the molecule is O=C(c1cccc(I)c1)c1ccc2c(c1)C(=O)NCCO2. The first kappa shape index (κ1) is 14.1. The molecule has 0 bridgehead atoms. The molecule has 0 atom stereocenters. The standard InChI is InChI=1S/C16H12INO3/c17-12-3-1-2-10(8-12)15(19)11-4-5-14-13(9-11)16(20)18-6-7-21-14/h1-5,8-9H,6-7H2,(H,18,20). The van der Waals surface area contributed by atoms with Crippen molar-refractivity contribution in [2.45, 2.75) is 0 Å². The van der Waals surface area contributed by atoms with Crippen molar-refractivity contribution in [3.8, 4) is 5.75 Å². The van der Waals surface area contributed by atoms with Gasteiger partial charge < -0.3 is 10.1 Å². The lowest BCUT2D eigenvalue weighted by molar-refractivity contribution is 0.0957. The Bertz CT molecular complexity index is 727. The summed E-state index contributed by atoms with van der Waals surface area (Å²) in [6.07, 6.45) is 0. The van der Waals surface area contributed by atoms with Gasteiger partial charge in [0.2, 0.25) is 0 Å². The number of hydrogen-bond donors (Lipinski definition) is 1. The minimum Gasteiger partial charge on any atom is -0.491 e. The third-order valence-corrected chi connectivity index (χ3v) is 3.89. The van der Waals surface area contributed by atoms with Gasteiger partial charge in [-0.15, -0.1) is 0 Å². The Morgan fingerprint density at radius 1 is 1.14 bits per heavy atom. The van der Waals surface area contributed by atoms with E-state index in [1.165, 1.54) is 0 Å². The van der Waals surface area contributed by atoms with Gasteiger partial charge in [0, 0.05) is 14.7 Å². The molecule has 4 nitrogen and oxygen atoms in total. The van der Waals surface area contributed by atoms with Gasteiger partial charge in [-0.1, -0.05) is 12.1 Å². The van der Waals surface area contributed by atoms with Gasteiger partial charge in [-0.05, 0) is 52.9 Å². The number of carbonyl (C=O) groups is 2. The van der Waals surface area contributed by atoms with Crippen molar-refractivity contribution in [1.29, 1.82) is 0 Å². The molecule has 0 saturated heterocycles. The van der Waals surface area contributed by atoms with Crippen LogP contribution < -0.4 is 10.1 Å². The van der Waals surface area contributed by atoms with Gasteiger partial charge >= 0.3 is 0 Å². The molecule has 0 unspecified atom stereocenters. The van der Waals surface area contributed by atoms with E-state index in [1.54, 1.807) is 24.3 Å². The van der Waals surface area contributed by atoms with Crippen molar-refractivity contribution >= 4 is 34.3 Å². The van der Waals surface area contributed by atoms with Crippen molar-refractivity contribution in [3.05, 3.63) is 62.7 Å². The summed E-state index contributed by atoms with van der Waals surface area (Å²) in [7, 11) is 0. The van der Waals surface area contributed by atoms with Crippen molar-refractivity contribution in [1.82, 2.24) is 5.32 Å². The van der Waals surface area contributed by atoms with Crippen LogP contribution in [0.2, 0.25) is 0 Å². The van der Waals surface area contributed by atoms with E-state index >= 15 is 0 Å². The minimum atomic E-state index is -0.209. The van der Waals surface area contributed by atoms with Crippen molar-refractivity contribution in [2.24, 2.45) is 0 Å². The molecule has 0 spiro atoms. The van der Waals surface area contributed by atoms with Crippen LogP contribution in [0.4, 0.5) is 0 Å². The fourth-order valence-electron chi connectivity index (χ4n) is 2.19. The molecule has 3 rings (SSSR count). The van der Waals surface area contributed by atoms with E-state index in [-0.39, 0.29) is 11.7 Å². The maximum atomic E-state index is 12.5. The maximum absolute atomic E-state index is 12.5. The molecule has 1 amide bonds. The molecule has 1 N–H and O–H groups in total. The second kappa shape index (κ2) is 5.85. The number of halogens is 1. The summed E-state index contributed by atoms with van der Waals surface area (Å²) in [4.78, 5) is 24.5. The van der Waals surface area contributed by atoms with Gasteiger partial charge in [-0.25, -0.2) is 0 Å². The second-order valence-electron chi connectivity index (χ2n) is 4.65. The van der Waals surface area contributed by atoms with Crippen LogP contribution in [0.1, 0.15) is 26.3 Å². The number of amides is 1. The summed E-state index contributed by atoms with van der Waals surface area (Å²) < 4.78 is 6.48. The summed E-state index contributed by atoms with van der Waals surface area (Å²) in [5, 5.41) is 2.74. The smallest absolute Gasteiger partial charge is 0.255 e. The van der Waals surface area contributed by atoms with Crippen LogP contribution in [-0.2, 0) is 0 Å². The Balaban J connectivity index is 2.00. The molecule has 0 fully saturated rings. The van der Waals surface area contributed by atoms with Gasteiger partial charge in [-0.3, -0.25) is 9.59 Å². The summed E-state index contributed by atoms with van der Waals surface area (Å²) >= 11 is 2.16. The number of fused-ring (bicyclic) bond motifs is 1. The van der Waals surface area contributed by atoms with Crippen LogP contribution in [-0.4, -0.2) is 24.8 Å². The zero-order valence-electron chi connectivity index (χ0n) is 11.1. The van der Waals surface area contributed by atoms with Gasteiger partial charge in [0.15, 0.2) is 5.78 Å². The Labute approximate surface area is 135 Å². The van der Waals surface area contributed by atoms with E-state index in [2.05, 4.69) is 27.9 Å². The average molecular weight is 393 g/mol. The number of benzene rings is 2. The second-order valence-corrected chi connectivity index (χ2v) is 5.90. The number of ether oxygens (including phenoxy) is 1. The number of hydrogen-bond acceptors (Lipinski definition) is 3. The Morgan fingerprint density at radius 3 is 2.76 bits per heavy atom. The predicted molar refractivity (Wildman–Crippen MR) is 86.9 cm³/mol. The summed E-state index contributed by atoms with van der Waals surface area (Å²) in [6.45, 7) is 0.899. The molecule has 0 aromatic heterocycles. The molecule has 106 valence electrons. The van der Waals surface area contributed by atoms with Crippen LogP contribution in [0.3, 0.4) is 0 Å². The minimum absolute atomic E-state index is 0.103. The molecule has 0 aliphatic carbocycles. The Morgan fingerprint density at radius 2 is 1.95 bits per heavy atom. The molecule has 0 saturated carbocycles. The van der Waals surface area contributed by atoms with Crippen LogP contribution in [0, 0.1) is 3.57 Å². The zero-order valence-corrected chi connectivity index (χ0v) is 13.2. The molecule has 1 aliphatic rings. The molecule has 5 heteroatoms. The van der Waals surface area contributed by atoms with Gasteiger partial charge in [0.05, 0.1) is 12.1 Å². The highest BCUT2D eigenvalue weighted by atomic mass is 127. The van der Waals surface area contributed by atoms with Crippen LogP contribution in [0.25, 0.3) is 0 Å². The molecule has 1 aliphatic heterocycles. The highest BCUT2D eigenvalue weighted by Gasteiger charge is 2.19. The van der Waals surface area contributed by atoms with Gasteiger partial charge in [0.25, 0.3) is 5.91 Å². The molecular weight excluding hydrogens is 381 g/mol. The molecule has 1 heterocycles. The molecule has 0 radical (unpaired) electrons. The Kier molecular flexibility index (Phi) is 3.92. The lowest BCUT2D eigenvalue weighted by Crippen LogP contribution is -2.24. The first-order chi connectivity index (χ1) is 10.1. The van der Waals surface area contributed by atoms with Crippen molar-refractivity contribution < 1.29 is 14.3 Å². The van der Waals surface area contributed by atoms with Gasteiger partial charge in [-0.2, -0.15) is 0 Å². The van der Waals surface area contributed by atoms with Crippen molar-refractivity contribution in [3.63, 3.8) is 0 Å². The lowest BCUT2D eigenvalue weighted by Gasteiger charge is -2.08. The highest BCUT2D eigenvalue weighted by Crippen LogP contribution is 2.23. The zero-order chi connectivity index (χ0) is 14.8. The van der Waals surface area contributed by atoms with E-state index in [1.807, 2.05) is 18.2 Å². The summed E-state index contributed by atoms with van der Waals surface area (Å²) in [5.41, 5.74) is 1.50. The first-order valence-corrected chi connectivity index (χ1v) is 7.58. The summed E-state index contributed by atoms with van der Waals surface area (Å²) in [5.74, 6) is 0.206. The third-order valence-electron chi connectivity index (χ3n) is 3.22. The molecule has 21 heavy (non-hydrogen) atoms. The highest BCUT2D eigenvalue weighted by molar-refractivity contribution is 14.1. The monoisotopic (exact) mass is 393 g/mol. The fraction of sp³-hybridized carbons (Fsp3) is 0.125. The normalized spacial score (nSPS) is 13.7. The van der Waals surface area contributed by atoms with Crippen LogP contribution in [0.5, 0.6) is 5.75 Å². The lowest BCUT2D eigenvalue weighted by atomic mass is 10.0. The van der Waals surface area contributed by atoms with E-state index in [0.717, 1.165) is 3.57 Å². The number of carbonyl (C=O) groups excluding carboxylic acids is 2. The largest absolute Gasteiger partial charge is 0.491 e. The van der Waals surface area contributed by atoms with Crippen LogP contribution in [0.15, 0.2) is 42.5 Å². The summed E-state index contributed by atoms with van der Waals surface area (Å²) in [6, 6.07) is 12.3. The molecule has 2 aromatic carbocycles. The maximum Gasteiger partial charge on any atom is 0.255 e. The topological polar surface area (TPSA) is 55.4 Å². The third kappa shape index (κ3) is 2.92. The Hall–Kier alpha value is -1.89. The molecule has 2 aromatic rings. The van der Waals surface area contributed by atoms with Gasteiger partial charge in [0.1, 0.15) is 12.4 Å². The predicted octanol–water partition coefficient (Wildman–Crippen LogP) is 2.64. The average Bonchev–Trinajstić information content (AvgIpc) is 2.68. The number of nitrogens with one attached hydrogen (secondary N) is 1. The van der Waals surface area contributed by atoms with Crippen molar-refractivity contribution in [2.75, 3.05) is 13.2 Å². The van der Waals surface area contributed by atoms with E-state index < -0.39 is 0 Å². The van der Waals surface area contributed by atoms with E-state index in [4.69, 9.17) is 4.74 Å². The number of rotatable bonds is 2. The first-order valence-electron chi connectivity index (χ1n) is 6.50. The van der Waals surface area contributed by atoms with E-state index in [0.29, 0.717) is 35.6 Å². The quantitative estimate of drug-likeness (QED) is 0.631. The van der Waals surface area contributed by atoms with E-state index in [9.17, 15) is 9.59 Å². The fourth-order valence-corrected chi connectivity index (χ4v) is 2.73. The number of ketones is 1. The van der Waals surface area contributed by atoms with Crippen LogP contribution >= 0.6 is 22.6 Å². The molecular formula is C16H12INO3.